The van der Waals surface area contributed by atoms with Crippen LogP contribution in [0.1, 0.15) is 18.3 Å². The van der Waals surface area contributed by atoms with E-state index < -0.39 is 0 Å². The monoisotopic (exact) mass is 419 g/mol. The van der Waals surface area contributed by atoms with Crippen LogP contribution in [0.3, 0.4) is 0 Å². The molecule has 3 rings (SSSR count). The van der Waals surface area contributed by atoms with Crippen LogP contribution in [0.15, 0.2) is 34.9 Å². The number of aromatic nitrogens is 4. The number of thiazole rings is 1. The van der Waals surface area contributed by atoms with Crippen LogP contribution < -0.4 is 14.8 Å². The summed E-state index contributed by atoms with van der Waals surface area (Å²) in [5.41, 5.74) is 1.09. The van der Waals surface area contributed by atoms with E-state index in [4.69, 9.17) is 9.47 Å². The Bertz CT molecular complexity index is 943. The SMILES string of the molecule is COc1cc(C)ccc1OCc1nnc(S[C@H](C)C(=O)Nc2nccs2)n1C. The molecule has 0 fully saturated rings. The van der Waals surface area contributed by atoms with Gasteiger partial charge in [-0.3, -0.25) is 4.79 Å². The van der Waals surface area contributed by atoms with Crippen molar-refractivity contribution in [3.8, 4) is 11.5 Å². The Kier molecular flexibility index (Phi) is 6.53. The lowest BCUT2D eigenvalue weighted by Gasteiger charge is -2.12. The van der Waals surface area contributed by atoms with E-state index in [1.54, 1.807) is 13.3 Å². The molecule has 3 aromatic rings. The Balaban J connectivity index is 1.61. The molecule has 1 N–H and O–H groups in total. The van der Waals surface area contributed by atoms with E-state index in [1.165, 1.54) is 23.1 Å². The summed E-state index contributed by atoms with van der Waals surface area (Å²) in [5.74, 6) is 1.83. The number of ether oxygens (including phenoxy) is 2. The summed E-state index contributed by atoms with van der Waals surface area (Å²) in [4.78, 5) is 16.3. The van der Waals surface area contributed by atoms with Crippen LogP contribution >= 0.6 is 23.1 Å². The number of carbonyl (C=O) groups excluding carboxylic acids is 1. The van der Waals surface area contributed by atoms with Gasteiger partial charge in [-0.1, -0.05) is 17.8 Å². The molecule has 148 valence electrons. The van der Waals surface area contributed by atoms with E-state index in [0.29, 0.717) is 27.6 Å². The molecule has 0 aliphatic carbocycles. The maximum atomic E-state index is 12.3. The van der Waals surface area contributed by atoms with E-state index in [9.17, 15) is 4.79 Å². The Morgan fingerprint density at radius 1 is 1.36 bits per heavy atom. The van der Waals surface area contributed by atoms with Gasteiger partial charge in [0.1, 0.15) is 6.61 Å². The number of amides is 1. The minimum Gasteiger partial charge on any atom is -0.493 e. The van der Waals surface area contributed by atoms with Gasteiger partial charge in [-0.15, -0.1) is 21.5 Å². The first-order valence-electron chi connectivity index (χ1n) is 8.50. The fourth-order valence-corrected chi connectivity index (χ4v) is 3.68. The molecule has 1 aromatic carbocycles. The molecule has 0 aliphatic heterocycles. The molecule has 0 radical (unpaired) electrons. The fourth-order valence-electron chi connectivity index (χ4n) is 2.31. The van der Waals surface area contributed by atoms with E-state index in [0.717, 1.165) is 5.56 Å². The zero-order chi connectivity index (χ0) is 20.1. The van der Waals surface area contributed by atoms with Gasteiger partial charge in [-0.05, 0) is 31.5 Å². The summed E-state index contributed by atoms with van der Waals surface area (Å²) in [6.45, 7) is 4.04. The highest BCUT2D eigenvalue weighted by Crippen LogP contribution is 2.29. The van der Waals surface area contributed by atoms with Crippen LogP contribution in [0, 0.1) is 6.92 Å². The Morgan fingerprint density at radius 2 is 2.18 bits per heavy atom. The molecule has 0 saturated carbocycles. The first-order valence-corrected chi connectivity index (χ1v) is 10.3. The second-order valence-corrected chi connectivity index (χ2v) is 8.19. The zero-order valence-electron chi connectivity index (χ0n) is 16.0. The Hall–Kier alpha value is -2.59. The molecule has 8 nitrogen and oxygen atoms in total. The molecule has 0 spiro atoms. The maximum Gasteiger partial charge on any atom is 0.239 e. The van der Waals surface area contributed by atoms with Crippen LogP contribution in [0.5, 0.6) is 11.5 Å². The van der Waals surface area contributed by atoms with Crippen molar-refractivity contribution in [1.82, 2.24) is 19.7 Å². The summed E-state index contributed by atoms with van der Waals surface area (Å²) in [6, 6.07) is 5.74. The zero-order valence-corrected chi connectivity index (χ0v) is 17.6. The molecular formula is C18H21N5O3S2. The summed E-state index contributed by atoms with van der Waals surface area (Å²) in [6.07, 6.45) is 1.65. The quantitative estimate of drug-likeness (QED) is 0.560. The minimum atomic E-state index is -0.349. The lowest BCUT2D eigenvalue weighted by Crippen LogP contribution is -2.22. The van der Waals surface area contributed by atoms with Gasteiger partial charge in [0.25, 0.3) is 0 Å². The lowest BCUT2D eigenvalue weighted by atomic mass is 10.2. The van der Waals surface area contributed by atoms with Crippen molar-refractivity contribution < 1.29 is 14.3 Å². The van der Waals surface area contributed by atoms with E-state index in [2.05, 4.69) is 20.5 Å². The van der Waals surface area contributed by atoms with Gasteiger partial charge in [0.15, 0.2) is 27.6 Å². The number of benzene rings is 1. The highest BCUT2D eigenvalue weighted by molar-refractivity contribution is 8.00. The Morgan fingerprint density at radius 3 is 2.89 bits per heavy atom. The van der Waals surface area contributed by atoms with Gasteiger partial charge in [-0.25, -0.2) is 4.98 Å². The van der Waals surface area contributed by atoms with Gasteiger partial charge in [0, 0.05) is 18.6 Å². The highest BCUT2D eigenvalue weighted by Gasteiger charge is 2.20. The van der Waals surface area contributed by atoms with Crippen LogP contribution in [0.25, 0.3) is 0 Å². The standard InChI is InChI=1S/C18H21N5O3S2/c1-11-5-6-13(14(9-11)25-4)26-10-15-21-22-18(23(15)3)28-12(2)16(24)20-17-19-7-8-27-17/h5-9,12H,10H2,1-4H3,(H,19,20,24)/t12-/m1/s1. The topological polar surface area (TPSA) is 91.2 Å². The predicted octanol–water partition coefficient (Wildman–Crippen LogP) is 3.29. The van der Waals surface area contributed by atoms with Crippen molar-refractivity contribution in [3.63, 3.8) is 0 Å². The number of hydrogen-bond acceptors (Lipinski definition) is 8. The van der Waals surface area contributed by atoms with Crippen LogP contribution in [0.2, 0.25) is 0 Å². The number of anilines is 1. The lowest BCUT2D eigenvalue weighted by molar-refractivity contribution is -0.115. The van der Waals surface area contributed by atoms with Crippen molar-refractivity contribution >= 4 is 34.1 Å². The molecule has 1 amide bonds. The van der Waals surface area contributed by atoms with Gasteiger partial charge in [-0.2, -0.15) is 0 Å². The van der Waals surface area contributed by atoms with Crippen LogP contribution in [-0.4, -0.2) is 38.0 Å². The van der Waals surface area contributed by atoms with Crippen molar-refractivity contribution in [2.24, 2.45) is 7.05 Å². The van der Waals surface area contributed by atoms with E-state index in [1.807, 2.05) is 49.0 Å². The third kappa shape index (κ3) is 4.82. The second-order valence-electron chi connectivity index (χ2n) is 5.99. The third-order valence-electron chi connectivity index (χ3n) is 3.91. The van der Waals surface area contributed by atoms with Crippen LogP contribution in [-0.2, 0) is 18.4 Å². The van der Waals surface area contributed by atoms with Crippen molar-refractivity contribution in [1.29, 1.82) is 0 Å². The van der Waals surface area contributed by atoms with E-state index >= 15 is 0 Å². The van der Waals surface area contributed by atoms with Gasteiger partial charge >= 0.3 is 0 Å². The number of thioether (sulfide) groups is 1. The second kappa shape index (κ2) is 9.07. The fraction of sp³-hybridized carbons (Fsp3) is 0.333. The van der Waals surface area contributed by atoms with Crippen molar-refractivity contribution in [2.75, 3.05) is 12.4 Å². The summed E-state index contributed by atoms with van der Waals surface area (Å²) >= 11 is 2.70. The van der Waals surface area contributed by atoms with Gasteiger partial charge < -0.3 is 19.4 Å². The van der Waals surface area contributed by atoms with Crippen molar-refractivity contribution in [2.45, 2.75) is 30.9 Å². The Labute approximate surface area is 171 Å². The highest BCUT2D eigenvalue weighted by atomic mass is 32.2. The molecule has 2 aromatic heterocycles. The molecule has 0 aliphatic rings. The summed E-state index contributed by atoms with van der Waals surface area (Å²) < 4.78 is 13.0. The number of methoxy groups -OCH3 is 1. The van der Waals surface area contributed by atoms with Crippen LogP contribution in [0.4, 0.5) is 5.13 Å². The molecular weight excluding hydrogens is 398 g/mol. The van der Waals surface area contributed by atoms with Gasteiger partial charge in [0.2, 0.25) is 5.91 Å². The van der Waals surface area contributed by atoms with Crippen molar-refractivity contribution in [3.05, 3.63) is 41.2 Å². The maximum absolute atomic E-state index is 12.3. The average molecular weight is 420 g/mol. The predicted molar refractivity (Wildman–Crippen MR) is 109 cm³/mol. The normalized spacial score (nSPS) is 11.9. The average Bonchev–Trinajstić information content (AvgIpc) is 3.31. The minimum absolute atomic E-state index is 0.134. The number of aryl methyl sites for hydroxylation is 1. The van der Waals surface area contributed by atoms with Gasteiger partial charge in [0.05, 0.1) is 12.4 Å². The van der Waals surface area contributed by atoms with E-state index in [-0.39, 0.29) is 17.8 Å². The third-order valence-corrected chi connectivity index (χ3v) is 5.74. The molecule has 1 atom stereocenters. The molecule has 28 heavy (non-hydrogen) atoms. The summed E-state index contributed by atoms with van der Waals surface area (Å²) in [5, 5.41) is 13.8. The molecule has 0 bridgehead atoms. The first-order chi connectivity index (χ1) is 13.5. The smallest absolute Gasteiger partial charge is 0.239 e. The largest absolute Gasteiger partial charge is 0.493 e. The molecule has 0 unspecified atom stereocenters. The number of nitrogens with zero attached hydrogens (tertiary/aromatic N) is 4. The number of nitrogens with one attached hydrogen (secondary N) is 1. The summed E-state index contributed by atoms with van der Waals surface area (Å²) in [7, 11) is 3.45. The molecule has 2 heterocycles. The number of rotatable bonds is 8. The number of carbonyl (C=O) groups is 1. The molecule has 0 saturated heterocycles. The number of hydrogen-bond donors (Lipinski definition) is 1. The first kappa shape index (κ1) is 20.2. The molecule has 10 heteroatoms.